The van der Waals surface area contributed by atoms with Crippen LogP contribution < -0.4 is 10.2 Å². The maximum absolute atomic E-state index is 3.59. The Hall–Kier alpha value is -0.800. The lowest BCUT2D eigenvalue weighted by molar-refractivity contribution is 0.595. The molecule has 1 heterocycles. The molecule has 3 heteroatoms. The predicted molar refractivity (Wildman–Crippen MR) is 86.8 cm³/mol. The highest BCUT2D eigenvalue weighted by Crippen LogP contribution is 2.31. The molecule has 2 rings (SSSR count). The average molecular weight is 323 g/mol. The van der Waals surface area contributed by atoms with Crippen LogP contribution in [-0.2, 0) is 0 Å². The summed E-state index contributed by atoms with van der Waals surface area (Å²) >= 11 is 3.59. The largest absolute Gasteiger partial charge is 0.367 e. The number of hydrogen-bond donors (Lipinski definition) is 1. The number of nitrogens with zero attached hydrogens (tertiary/aromatic N) is 1. The minimum absolute atomic E-state index is 0.378. The Labute approximate surface area is 125 Å². The molecule has 0 fully saturated rings. The first kappa shape index (κ1) is 14.6. The Morgan fingerprint density at radius 3 is 2.89 bits per heavy atom. The van der Waals surface area contributed by atoms with Gasteiger partial charge in [-0.2, -0.15) is 0 Å². The Morgan fingerprint density at radius 2 is 2.21 bits per heavy atom. The SMILES string of the molecule is CCNC(C)c1cc(Br)ccc1N1CCC=C(C)C1. The summed E-state index contributed by atoms with van der Waals surface area (Å²) < 4.78 is 1.15. The highest BCUT2D eigenvalue weighted by molar-refractivity contribution is 9.10. The lowest BCUT2D eigenvalue weighted by Gasteiger charge is -2.32. The smallest absolute Gasteiger partial charge is 0.0418 e. The van der Waals surface area contributed by atoms with Crippen molar-refractivity contribution in [3.63, 3.8) is 0 Å². The number of rotatable bonds is 4. The third-order valence-corrected chi connectivity index (χ3v) is 4.13. The van der Waals surface area contributed by atoms with Gasteiger partial charge in [0, 0.05) is 29.3 Å². The fourth-order valence-corrected chi connectivity index (χ4v) is 3.07. The van der Waals surface area contributed by atoms with Gasteiger partial charge in [-0.15, -0.1) is 0 Å². The van der Waals surface area contributed by atoms with Gasteiger partial charge in [-0.1, -0.05) is 34.5 Å². The molecule has 2 nitrogen and oxygen atoms in total. The summed E-state index contributed by atoms with van der Waals surface area (Å²) in [6.45, 7) is 9.77. The minimum atomic E-state index is 0.378. The van der Waals surface area contributed by atoms with Gasteiger partial charge < -0.3 is 10.2 Å². The molecular weight excluding hydrogens is 300 g/mol. The minimum Gasteiger partial charge on any atom is -0.367 e. The third-order valence-electron chi connectivity index (χ3n) is 3.64. The molecule has 0 spiro atoms. The molecule has 0 bridgehead atoms. The zero-order valence-electron chi connectivity index (χ0n) is 12.0. The van der Waals surface area contributed by atoms with Crippen LogP contribution in [0, 0.1) is 0 Å². The second-order valence-corrected chi connectivity index (χ2v) is 6.16. The molecule has 1 aliphatic rings. The summed E-state index contributed by atoms with van der Waals surface area (Å²) in [7, 11) is 0. The van der Waals surface area contributed by atoms with E-state index in [0.717, 1.165) is 30.5 Å². The van der Waals surface area contributed by atoms with Gasteiger partial charge in [0.15, 0.2) is 0 Å². The van der Waals surface area contributed by atoms with Crippen LogP contribution in [0.3, 0.4) is 0 Å². The molecule has 0 saturated carbocycles. The zero-order valence-corrected chi connectivity index (χ0v) is 13.6. The van der Waals surface area contributed by atoms with Crippen LogP contribution in [0.5, 0.6) is 0 Å². The summed E-state index contributed by atoms with van der Waals surface area (Å²) in [4.78, 5) is 2.49. The number of benzene rings is 1. The summed E-state index contributed by atoms with van der Waals surface area (Å²) in [5.41, 5.74) is 4.21. The van der Waals surface area contributed by atoms with Gasteiger partial charge in [0.1, 0.15) is 0 Å². The van der Waals surface area contributed by atoms with Crippen LogP contribution in [0.15, 0.2) is 34.3 Å². The van der Waals surface area contributed by atoms with Crippen LogP contribution in [0.25, 0.3) is 0 Å². The third kappa shape index (κ3) is 3.61. The van der Waals surface area contributed by atoms with E-state index in [0.29, 0.717) is 6.04 Å². The lowest BCUT2D eigenvalue weighted by atomic mass is 10.0. The van der Waals surface area contributed by atoms with E-state index < -0.39 is 0 Å². The van der Waals surface area contributed by atoms with Crippen LogP contribution in [0.2, 0.25) is 0 Å². The van der Waals surface area contributed by atoms with Crippen molar-refractivity contribution in [3.05, 3.63) is 39.9 Å². The highest BCUT2D eigenvalue weighted by atomic mass is 79.9. The number of anilines is 1. The van der Waals surface area contributed by atoms with Crippen LogP contribution in [-0.4, -0.2) is 19.6 Å². The Bertz CT molecular complexity index is 468. The first-order chi connectivity index (χ1) is 9.11. The Kier molecular flexibility index (Phi) is 5.06. The van der Waals surface area contributed by atoms with Crippen LogP contribution >= 0.6 is 15.9 Å². The Balaban J connectivity index is 2.31. The molecule has 0 aromatic heterocycles. The quantitative estimate of drug-likeness (QED) is 0.832. The van der Waals surface area contributed by atoms with E-state index in [9.17, 15) is 0 Å². The average Bonchev–Trinajstić information content (AvgIpc) is 2.39. The molecule has 0 radical (unpaired) electrons. The standard InChI is InChI=1S/C16H23BrN2/c1-4-18-13(3)15-10-14(17)7-8-16(15)19-9-5-6-12(2)11-19/h6-8,10,13,18H,4-5,9,11H2,1-3H3. The predicted octanol–water partition coefficient (Wildman–Crippen LogP) is 4.28. The molecule has 0 aliphatic carbocycles. The van der Waals surface area contributed by atoms with Crippen molar-refractivity contribution < 1.29 is 0 Å². The second kappa shape index (κ2) is 6.58. The fourth-order valence-electron chi connectivity index (χ4n) is 2.69. The molecule has 19 heavy (non-hydrogen) atoms. The van der Waals surface area contributed by atoms with Gasteiger partial charge in [0.25, 0.3) is 0 Å². The van der Waals surface area contributed by atoms with Crippen molar-refractivity contribution in [1.82, 2.24) is 5.32 Å². The highest BCUT2D eigenvalue weighted by Gasteiger charge is 2.17. The normalized spacial score (nSPS) is 17.3. The summed E-state index contributed by atoms with van der Waals surface area (Å²) in [6.07, 6.45) is 3.50. The lowest BCUT2D eigenvalue weighted by Crippen LogP contribution is -2.31. The molecule has 0 amide bonds. The van der Waals surface area contributed by atoms with E-state index in [2.05, 4.69) is 71.2 Å². The van der Waals surface area contributed by atoms with Gasteiger partial charge in [0.2, 0.25) is 0 Å². The molecule has 1 atom stereocenters. The van der Waals surface area contributed by atoms with E-state index in [-0.39, 0.29) is 0 Å². The molecule has 1 aliphatic heterocycles. The van der Waals surface area contributed by atoms with Crippen LogP contribution in [0.1, 0.15) is 38.8 Å². The first-order valence-corrected chi connectivity index (χ1v) is 7.84. The van der Waals surface area contributed by atoms with Gasteiger partial charge in [-0.25, -0.2) is 0 Å². The Morgan fingerprint density at radius 1 is 1.42 bits per heavy atom. The van der Waals surface area contributed by atoms with E-state index in [1.54, 1.807) is 0 Å². The van der Waals surface area contributed by atoms with Crippen molar-refractivity contribution in [2.45, 2.75) is 33.2 Å². The molecule has 1 aromatic carbocycles. The number of nitrogens with one attached hydrogen (secondary N) is 1. The number of hydrogen-bond acceptors (Lipinski definition) is 2. The topological polar surface area (TPSA) is 15.3 Å². The van der Waals surface area contributed by atoms with Gasteiger partial charge >= 0.3 is 0 Å². The van der Waals surface area contributed by atoms with Crippen LogP contribution in [0.4, 0.5) is 5.69 Å². The van der Waals surface area contributed by atoms with Crippen molar-refractivity contribution in [2.24, 2.45) is 0 Å². The summed E-state index contributed by atoms with van der Waals surface area (Å²) in [6, 6.07) is 7.01. The monoisotopic (exact) mass is 322 g/mol. The van der Waals surface area contributed by atoms with Gasteiger partial charge in [0.05, 0.1) is 0 Å². The number of halogens is 1. The van der Waals surface area contributed by atoms with E-state index in [1.165, 1.54) is 16.8 Å². The van der Waals surface area contributed by atoms with Crippen molar-refractivity contribution in [3.8, 4) is 0 Å². The van der Waals surface area contributed by atoms with Gasteiger partial charge in [-0.3, -0.25) is 0 Å². The molecule has 1 aromatic rings. The van der Waals surface area contributed by atoms with E-state index in [1.807, 2.05) is 0 Å². The molecular formula is C16H23BrN2. The molecule has 104 valence electrons. The van der Waals surface area contributed by atoms with E-state index in [4.69, 9.17) is 0 Å². The molecule has 1 unspecified atom stereocenters. The molecule has 1 N–H and O–H groups in total. The maximum Gasteiger partial charge on any atom is 0.0418 e. The van der Waals surface area contributed by atoms with E-state index >= 15 is 0 Å². The maximum atomic E-state index is 3.59. The summed E-state index contributed by atoms with van der Waals surface area (Å²) in [5, 5.41) is 3.52. The second-order valence-electron chi connectivity index (χ2n) is 5.24. The fraction of sp³-hybridized carbons (Fsp3) is 0.500. The molecule has 0 saturated heterocycles. The van der Waals surface area contributed by atoms with Crippen molar-refractivity contribution >= 4 is 21.6 Å². The van der Waals surface area contributed by atoms with Crippen molar-refractivity contribution in [2.75, 3.05) is 24.5 Å². The van der Waals surface area contributed by atoms with Crippen molar-refractivity contribution in [1.29, 1.82) is 0 Å². The zero-order chi connectivity index (χ0) is 13.8. The summed E-state index contributed by atoms with van der Waals surface area (Å²) in [5.74, 6) is 0. The first-order valence-electron chi connectivity index (χ1n) is 7.05. The van der Waals surface area contributed by atoms with Gasteiger partial charge in [-0.05, 0) is 50.6 Å².